The summed E-state index contributed by atoms with van der Waals surface area (Å²) in [6, 6.07) is 2.30. The second kappa shape index (κ2) is 5.96. The third-order valence-electron chi connectivity index (χ3n) is 2.29. The van der Waals surface area contributed by atoms with Gasteiger partial charge in [-0.1, -0.05) is 6.92 Å². The maximum absolute atomic E-state index is 13.7. The van der Waals surface area contributed by atoms with Crippen LogP contribution in [0.5, 0.6) is 0 Å². The molecule has 5 nitrogen and oxygen atoms in total. The third-order valence-corrected chi connectivity index (χ3v) is 4.29. The number of sulfonamides is 1. The number of nitrogens with one attached hydrogen (secondary N) is 1. The first-order valence-corrected chi connectivity index (χ1v) is 7.47. The van der Waals surface area contributed by atoms with Crippen LogP contribution in [0.4, 0.5) is 10.1 Å². The zero-order valence-electron chi connectivity index (χ0n) is 9.65. The standard InChI is InChI=1S/C10H14BrFN2O3S/c1-2-7(15)5-14-18(16,17)9-4-6(13)3-8(11)10(9)12/h3-4,7,14-15H,2,5,13H2,1H3. The number of aliphatic hydroxyl groups is 1. The Morgan fingerprint density at radius 2 is 2.17 bits per heavy atom. The number of benzene rings is 1. The maximum Gasteiger partial charge on any atom is 0.243 e. The summed E-state index contributed by atoms with van der Waals surface area (Å²) in [4.78, 5) is -0.544. The molecule has 1 aromatic carbocycles. The van der Waals surface area contributed by atoms with Gasteiger partial charge in [0.2, 0.25) is 10.0 Å². The highest BCUT2D eigenvalue weighted by atomic mass is 79.9. The summed E-state index contributed by atoms with van der Waals surface area (Å²) in [7, 11) is -4.04. The maximum atomic E-state index is 13.7. The molecule has 4 N–H and O–H groups in total. The SMILES string of the molecule is CCC(O)CNS(=O)(=O)c1cc(N)cc(Br)c1F. The van der Waals surface area contributed by atoms with E-state index in [4.69, 9.17) is 5.73 Å². The smallest absolute Gasteiger partial charge is 0.243 e. The average Bonchev–Trinajstić information content (AvgIpc) is 2.30. The first-order valence-electron chi connectivity index (χ1n) is 5.20. The van der Waals surface area contributed by atoms with E-state index in [1.54, 1.807) is 6.92 Å². The van der Waals surface area contributed by atoms with Crippen molar-refractivity contribution in [1.82, 2.24) is 4.72 Å². The van der Waals surface area contributed by atoms with E-state index in [2.05, 4.69) is 20.7 Å². The van der Waals surface area contributed by atoms with Crippen LogP contribution in [-0.2, 0) is 10.0 Å². The molecule has 1 aromatic rings. The third kappa shape index (κ3) is 3.64. The van der Waals surface area contributed by atoms with Crippen molar-refractivity contribution in [3.63, 3.8) is 0 Å². The summed E-state index contributed by atoms with van der Waals surface area (Å²) in [5.74, 6) is -0.914. The van der Waals surface area contributed by atoms with Gasteiger partial charge in [-0.3, -0.25) is 0 Å². The molecule has 1 rings (SSSR count). The highest BCUT2D eigenvalue weighted by Gasteiger charge is 2.22. The van der Waals surface area contributed by atoms with Crippen LogP contribution in [0, 0.1) is 5.82 Å². The van der Waals surface area contributed by atoms with Gasteiger partial charge in [0.15, 0.2) is 5.82 Å². The van der Waals surface area contributed by atoms with Crippen molar-refractivity contribution in [2.75, 3.05) is 12.3 Å². The molecule has 0 aliphatic carbocycles. The fraction of sp³-hybridized carbons (Fsp3) is 0.400. The number of rotatable bonds is 5. The van der Waals surface area contributed by atoms with Crippen molar-refractivity contribution < 1.29 is 17.9 Å². The second-order valence-electron chi connectivity index (χ2n) is 3.73. The molecule has 0 radical (unpaired) electrons. The number of hydrogen-bond acceptors (Lipinski definition) is 4. The van der Waals surface area contributed by atoms with Crippen molar-refractivity contribution in [2.45, 2.75) is 24.3 Å². The monoisotopic (exact) mass is 340 g/mol. The Morgan fingerprint density at radius 1 is 1.56 bits per heavy atom. The van der Waals surface area contributed by atoms with Crippen LogP contribution in [0.15, 0.2) is 21.5 Å². The molecule has 0 aromatic heterocycles. The minimum Gasteiger partial charge on any atom is -0.399 e. The number of aliphatic hydroxyl groups excluding tert-OH is 1. The summed E-state index contributed by atoms with van der Waals surface area (Å²) >= 11 is 2.89. The highest BCUT2D eigenvalue weighted by molar-refractivity contribution is 9.10. The van der Waals surface area contributed by atoms with Crippen LogP contribution in [0.25, 0.3) is 0 Å². The molecular formula is C10H14BrFN2O3S. The van der Waals surface area contributed by atoms with Gasteiger partial charge in [0, 0.05) is 12.2 Å². The van der Waals surface area contributed by atoms with Crippen molar-refractivity contribution in [3.05, 3.63) is 22.4 Å². The molecule has 0 aliphatic heterocycles. The molecule has 0 bridgehead atoms. The van der Waals surface area contributed by atoms with Crippen molar-refractivity contribution >= 4 is 31.6 Å². The van der Waals surface area contributed by atoms with Gasteiger partial charge in [0.25, 0.3) is 0 Å². The lowest BCUT2D eigenvalue weighted by atomic mass is 10.3. The molecule has 0 saturated carbocycles. The van der Waals surface area contributed by atoms with Crippen molar-refractivity contribution in [2.24, 2.45) is 0 Å². The molecule has 0 heterocycles. The van der Waals surface area contributed by atoms with Gasteiger partial charge >= 0.3 is 0 Å². The molecule has 0 amide bonds. The van der Waals surface area contributed by atoms with Crippen LogP contribution >= 0.6 is 15.9 Å². The lowest BCUT2D eigenvalue weighted by Gasteiger charge is -2.12. The van der Waals surface area contributed by atoms with Crippen molar-refractivity contribution in [3.8, 4) is 0 Å². The molecule has 8 heteroatoms. The lowest BCUT2D eigenvalue weighted by Crippen LogP contribution is -2.32. The largest absolute Gasteiger partial charge is 0.399 e. The number of hydrogen-bond donors (Lipinski definition) is 3. The van der Waals surface area contributed by atoms with Crippen LogP contribution in [0.3, 0.4) is 0 Å². The van der Waals surface area contributed by atoms with Gasteiger partial charge in [0.1, 0.15) is 4.90 Å². The number of nitrogen functional groups attached to an aromatic ring is 1. The fourth-order valence-electron chi connectivity index (χ4n) is 1.21. The quantitative estimate of drug-likeness (QED) is 0.702. The zero-order chi connectivity index (χ0) is 13.9. The minimum absolute atomic E-state index is 0.0288. The number of anilines is 1. The molecule has 0 saturated heterocycles. The van der Waals surface area contributed by atoms with Gasteiger partial charge in [0.05, 0.1) is 10.6 Å². The molecule has 0 aliphatic rings. The van der Waals surface area contributed by atoms with Crippen LogP contribution < -0.4 is 10.5 Å². The molecular weight excluding hydrogens is 327 g/mol. The van der Waals surface area contributed by atoms with E-state index in [0.717, 1.165) is 6.07 Å². The van der Waals surface area contributed by atoms with E-state index in [0.29, 0.717) is 6.42 Å². The number of nitrogens with two attached hydrogens (primary N) is 1. The Kier molecular flexibility index (Phi) is 5.09. The Morgan fingerprint density at radius 3 is 2.72 bits per heavy atom. The Bertz CT molecular complexity index is 536. The minimum atomic E-state index is -4.04. The van der Waals surface area contributed by atoms with Gasteiger partial charge in [-0.2, -0.15) is 0 Å². The van der Waals surface area contributed by atoms with Gasteiger partial charge < -0.3 is 10.8 Å². The van der Waals surface area contributed by atoms with E-state index < -0.39 is 26.8 Å². The van der Waals surface area contributed by atoms with Crippen LogP contribution in [0.1, 0.15) is 13.3 Å². The highest BCUT2D eigenvalue weighted by Crippen LogP contribution is 2.25. The van der Waals surface area contributed by atoms with E-state index in [1.807, 2.05) is 0 Å². The molecule has 18 heavy (non-hydrogen) atoms. The predicted molar refractivity (Wildman–Crippen MR) is 70.0 cm³/mol. The summed E-state index contributed by atoms with van der Waals surface area (Å²) in [5.41, 5.74) is 5.59. The van der Waals surface area contributed by atoms with Gasteiger partial charge in [-0.25, -0.2) is 17.5 Å². The van der Waals surface area contributed by atoms with E-state index >= 15 is 0 Å². The summed E-state index contributed by atoms with van der Waals surface area (Å²) in [6.45, 7) is 1.53. The molecule has 0 fully saturated rings. The Labute approximate surface area is 113 Å². The number of halogens is 2. The summed E-state index contributed by atoms with van der Waals surface area (Å²) in [5, 5.41) is 9.29. The first-order chi connectivity index (χ1) is 8.27. The van der Waals surface area contributed by atoms with Gasteiger partial charge in [-0.05, 0) is 34.5 Å². The van der Waals surface area contributed by atoms with E-state index in [-0.39, 0.29) is 16.7 Å². The normalized spacial score (nSPS) is 13.6. The van der Waals surface area contributed by atoms with Crippen LogP contribution in [-0.4, -0.2) is 26.2 Å². The fourth-order valence-corrected chi connectivity index (χ4v) is 3.02. The van der Waals surface area contributed by atoms with E-state index in [1.165, 1.54) is 6.07 Å². The lowest BCUT2D eigenvalue weighted by molar-refractivity contribution is 0.174. The first kappa shape index (κ1) is 15.4. The predicted octanol–water partition coefficient (Wildman–Crippen LogP) is 1.22. The molecule has 1 unspecified atom stereocenters. The van der Waals surface area contributed by atoms with Crippen LogP contribution in [0.2, 0.25) is 0 Å². The Balaban J connectivity index is 3.05. The van der Waals surface area contributed by atoms with Gasteiger partial charge in [-0.15, -0.1) is 0 Å². The second-order valence-corrected chi connectivity index (χ2v) is 6.32. The molecule has 1 atom stereocenters. The summed E-state index contributed by atoms with van der Waals surface area (Å²) in [6.07, 6.45) is -0.418. The topological polar surface area (TPSA) is 92.4 Å². The molecule has 102 valence electrons. The zero-order valence-corrected chi connectivity index (χ0v) is 12.1. The average molecular weight is 341 g/mol. The van der Waals surface area contributed by atoms with E-state index in [9.17, 15) is 17.9 Å². The Hall–Kier alpha value is -0.700. The molecule has 0 spiro atoms. The van der Waals surface area contributed by atoms with Crippen molar-refractivity contribution in [1.29, 1.82) is 0 Å². The summed E-state index contributed by atoms with van der Waals surface area (Å²) < 4.78 is 39.5.